The van der Waals surface area contributed by atoms with Crippen LogP contribution in [0.1, 0.15) is 29.5 Å². The minimum absolute atomic E-state index is 0.0924. The van der Waals surface area contributed by atoms with Gasteiger partial charge in [0.1, 0.15) is 10.3 Å². The van der Waals surface area contributed by atoms with Crippen molar-refractivity contribution in [3.63, 3.8) is 0 Å². The van der Waals surface area contributed by atoms with Crippen LogP contribution in [0.4, 0.5) is 0 Å². The molecule has 136 valence electrons. The van der Waals surface area contributed by atoms with Gasteiger partial charge in [-0.3, -0.25) is 4.79 Å². The third-order valence-electron chi connectivity index (χ3n) is 4.39. The van der Waals surface area contributed by atoms with Crippen molar-refractivity contribution in [1.82, 2.24) is 9.21 Å². The van der Waals surface area contributed by atoms with Crippen molar-refractivity contribution in [2.24, 2.45) is 0 Å². The SMILES string of the molecule is CCN(Cc1cccs1)C(=O)C1CCCN1S(=O)(=O)c1ccc(C)s1. The van der Waals surface area contributed by atoms with Gasteiger partial charge < -0.3 is 4.90 Å². The first-order valence-electron chi connectivity index (χ1n) is 8.33. The van der Waals surface area contributed by atoms with Crippen molar-refractivity contribution < 1.29 is 13.2 Å². The van der Waals surface area contributed by atoms with Gasteiger partial charge in [-0.15, -0.1) is 22.7 Å². The number of nitrogens with zero attached hydrogens (tertiary/aromatic N) is 2. The molecule has 3 heterocycles. The number of amides is 1. The zero-order valence-corrected chi connectivity index (χ0v) is 16.8. The predicted molar refractivity (Wildman–Crippen MR) is 101 cm³/mol. The fourth-order valence-corrected chi connectivity index (χ4v) is 6.87. The number of rotatable bonds is 6. The Morgan fingerprint density at radius 1 is 1.36 bits per heavy atom. The minimum Gasteiger partial charge on any atom is -0.336 e. The van der Waals surface area contributed by atoms with Crippen LogP contribution in [0, 0.1) is 6.92 Å². The summed E-state index contributed by atoms with van der Waals surface area (Å²) in [5.74, 6) is -0.0924. The Labute approximate surface area is 156 Å². The highest BCUT2D eigenvalue weighted by Gasteiger charge is 2.41. The molecule has 5 nitrogen and oxygen atoms in total. The van der Waals surface area contributed by atoms with Crippen molar-refractivity contribution in [3.05, 3.63) is 39.4 Å². The van der Waals surface area contributed by atoms with Crippen molar-refractivity contribution in [3.8, 4) is 0 Å². The second kappa shape index (κ2) is 7.57. The van der Waals surface area contributed by atoms with Crippen molar-refractivity contribution in [2.45, 2.75) is 43.5 Å². The van der Waals surface area contributed by atoms with E-state index >= 15 is 0 Å². The van der Waals surface area contributed by atoms with Crippen LogP contribution in [0.25, 0.3) is 0 Å². The molecule has 25 heavy (non-hydrogen) atoms. The van der Waals surface area contributed by atoms with E-state index in [1.807, 2.05) is 31.4 Å². The lowest BCUT2D eigenvalue weighted by Crippen LogP contribution is -2.47. The molecule has 3 rings (SSSR count). The molecule has 0 aliphatic carbocycles. The molecule has 1 saturated heterocycles. The summed E-state index contributed by atoms with van der Waals surface area (Å²) in [6, 6.07) is 6.81. The Balaban J connectivity index is 1.81. The number of hydrogen-bond donors (Lipinski definition) is 0. The smallest absolute Gasteiger partial charge is 0.253 e. The summed E-state index contributed by atoms with van der Waals surface area (Å²) in [4.78, 5) is 16.8. The molecule has 0 aromatic carbocycles. The van der Waals surface area contributed by atoms with E-state index in [-0.39, 0.29) is 5.91 Å². The first kappa shape index (κ1) is 18.6. The Hall–Kier alpha value is -1.22. The van der Waals surface area contributed by atoms with Crippen LogP contribution in [0.2, 0.25) is 0 Å². The highest BCUT2D eigenvalue weighted by molar-refractivity contribution is 7.91. The maximum atomic E-state index is 13.0. The summed E-state index contributed by atoms with van der Waals surface area (Å²) in [5.41, 5.74) is 0. The van der Waals surface area contributed by atoms with Crippen molar-refractivity contribution >= 4 is 38.6 Å². The van der Waals surface area contributed by atoms with Gasteiger partial charge in [0.05, 0.1) is 6.54 Å². The molecular weight excluding hydrogens is 376 g/mol. The molecule has 8 heteroatoms. The summed E-state index contributed by atoms with van der Waals surface area (Å²) in [7, 11) is -3.61. The fraction of sp³-hybridized carbons (Fsp3) is 0.471. The van der Waals surface area contributed by atoms with E-state index in [1.165, 1.54) is 15.6 Å². The van der Waals surface area contributed by atoms with E-state index in [4.69, 9.17) is 0 Å². The summed E-state index contributed by atoms with van der Waals surface area (Å²) in [6.07, 6.45) is 1.31. The highest BCUT2D eigenvalue weighted by atomic mass is 32.2. The normalized spacial score (nSPS) is 18.6. The third kappa shape index (κ3) is 3.81. The quantitative estimate of drug-likeness (QED) is 0.750. The Kier molecular flexibility index (Phi) is 5.62. The monoisotopic (exact) mass is 398 g/mol. The van der Waals surface area contributed by atoms with Gasteiger partial charge in [0, 0.05) is 22.8 Å². The molecule has 0 saturated carbocycles. The number of sulfonamides is 1. The molecule has 2 aromatic rings. The molecule has 0 spiro atoms. The minimum atomic E-state index is -3.61. The maximum Gasteiger partial charge on any atom is 0.253 e. The van der Waals surface area contributed by atoms with E-state index < -0.39 is 16.1 Å². The van der Waals surface area contributed by atoms with E-state index in [1.54, 1.807) is 28.4 Å². The van der Waals surface area contributed by atoms with Gasteiger partial charge in [0.2, 0.25) is 5.91 Å². The average Bonchev–Trinajstić information content (AvgIpc) is 3.32. The lowest BCUT2D eigenvalue weighted by molar-refractivity contribution is -0.135. The van der Waals surface area contributed by atoms with Crippen LogP contribution in [-0.2, 0) is 21.4 Å². The fourth-order valence-electron chi connectivity index (χ4n) is 3.09. The van der Waals surface area contributed by atoms with Gasteiger partial charge in [0.25, 0.3) is 10.0 Å². The Morgan fingerprint density at radius 2 is 2.16 bits per heavy atom. The molecular formula is C17H22N2O3S3. The maximum absolute atomic E-state index is 13.0. The lowest BCUT2D eigenvalue weighted by atomic mass is 10.2. The predicted octanol–water partition coefficient (Wildman–Crippen LogP) is 3.32. The first-order chi connectivity index (χ1) is 11.9. The summed E-state index contributed by atoms with van der Waals surface area (Å²) in [5, 5.41) is 1.99. The molecule has 0 radical (unpaired) electrons. The van der Waals surface area contributed by atoms with Gasteiger partial charge in [-0.1, -0.05) is 6.07 Å². The van der Waals surface area contributed by atoms with Crippen LogP contribution in [0.3, 0.4) is 0 Å². The largest absolute Gasteiger partial charge is 0.336 e. The molecule has 2 aromatic heterocycles. The van der Waals surface area contributed by atoms with Gasteiger partial charge in [-0.05, 0) is 50.3 Å². The van der Waals surface area contributed by atoms with Crippen molar-refractivity contribution in [1.29, 1.82) is 0 Å². The van der Waals surface area contributed by atoms with E-state index in [9.17, 15) is 13.2 Å². The molecule has 1 amide bonds. The molecule has 0 bridgehead atoms. The summed E-state index contributed by atoms with van der Waals surface area (Å²) < 4.78 is 27.6. The number of carbonyl (C=O) groups excluding carboxylic acids is 1. The van der Waals surface area contributed by atoms with Crippen LogP contribution >= 0.6 is 22.7 Å². The van der Waals surface area contributed by atoms with E-state index in [0.29, 0.717) is 30.3 Å². The standard InChI is InChI=1S/C17H22N2O3S3/c1-3-18(12-14-6-5-11-23-14)17(20)15-7-4-10-19(15)25(21,22)16-9-8-13(2)24-16/h5-6,8-9,11,15H,3-4,7,10,12H2,1-2H3. The van der Waals surface area contributed by atoms with Crippen LogP contribution in [-0.4, -0.2) is 42.7 Å². The second-order valence-electron chi connectivity index (χ2n) is 6.07. The zero-order valence-electron chi connectivity index (χ0n) is 14.3. The number of carbonyl (C=O) groups is 1. The number of thiophene rings is 2. The Bertz CT molecular complexity index is 827. The molecule has 1 atom stereocenters. The average molecular weight is 399 g/mol. The topological polar surface area (TPSA) is 57.7 Å². The number of aryl methyl sites for hydroxylation is 1. The van der Waals surface area contributed by atoms with Gasteiger partial charge in [-0.2, -0.15) is 4.31 Å². The zero-order chi connectivity index (χ0) is 18.0. The molecule has 1 aliphatic rings. The highest BCUT2D eigenvalue weighted by Crippen LogP contribution is 2.31. The summed E-state index contributed by atoms with van der Waals surface area (Å²) in [6.45, 7) is 5.33. The van der Waals surface area contributed by atoms with Gasteiger partial charge in [0.15, 0.2) is 0 Å². The molecule has 0 N–H and O–H groups in total. The third-order valence-corrected chi connectivity index (χ3v) is 8.63. The van der Waals surface area contributed by atoms with Crippen LogP contribution in [0.5, 0.6) is 0 Å². The number of hydrogen-bond acceptors (Lipinski definition) is 5. The molecule has 1 unspecified atom stereocenters. The Morgan fingerprint density at radius 3 is 2.76 bits per heavy atom. The molecule has 1 aliphatic heterocycles. The number of likely N-dealkylation sites (N-methyl/N-ethyl adjacent to an activating group) is 1. The van der Waals surface area contributed by atoms with Gasteiger partial charge >= 0.3 is 0 Å². The van der Waals surface area contributed by atoms with Crippen molar-refractivity contribution in [2.75, 3.05) is 13.1 Å². The summed E-state index contributed by atoms with van der Waals surface area (Å²) >= 11 is 2.87. The van der Waals surface area contributed by atoms with Gasteiger partial charge in [-0.25, -0.2) is 8.42 Å². The van der Waals surface area contributed by atoms with Crippen LogP contribution < -0.4 is 0 Å². The lowest BCUT2D eigenvalue weighted by Gasteiger charge is -2.28. The van der Waals surface area contributed by atoms with E-state index in [0.717, 1.165) is 16.2 Å². The van der Waals surface area contributed by atoms with E-state index in [2.05, 4.69) is 0 Å². The first-order valence-corrected chi connectivity index (χ1v) is 11.5. The molecule has 1 fully saturated rings. The van der Waals surface area contributed by atoms with Crippen LogP contribution in [0.15, 0.2) is 33.9 Å². The second-order valence-corrected chi connectivity index (χ2v) is 10.5.